The van der Waals surface area contributed by atoms with Gasteiger partial charge in [0.25, 0.3) is 0 Å². The summed E-state index contributed by atoms with van der Waals surface area (Å²) in [5.41, 5.74) is 4.99. The summed E-state index contributed by atoms with van der Waals surface area (Å²) in [5, 5.41) is 2.09. The predicted molar refractivity (Wildman–Crippen MR) is 139 cm³/mol. The quantitative estimate of drug-likeness (QED) is 0.313. The summed E-state index contributed by atoms with van der Waals surface area (Å²) >= 11 is 1.66. The molecule has 0 radical (unpaired) electrons. The highest BCUT2D eigenvalue weighted by Crippen LogP contribution is 2.44. The van der Waals surface area contributed by atoms with Crippen LogP contribution in [0.15, 0.2) is 29.2 Å². The molecule has 1 aromatic heterocycles. The number of hydrogen-bond donors (Lipinski definition) is 0. The average molecular weight is 499 g/mol. The Morgan fingerprint density at radius 1 is 1.03 bits per heavy atom. The Morgan fingerprint density at radius 2 is 1.82 bits per heavy atom. The molecule has 2 heterocycles. The van der Waals surface area contributed by atoms with Crippen molar-refractivity contribution in [1.82, 2.24) is 0 Å². The third-order valence-electron chi connectivity index (χ3n) is 6.36. The van der Waals surface area contributed by atoms with Gasteiger partial charge in [-0.2, -0.15) is 0 Å². The Kier molecular flexibility index (Phi) is 7.62. The van der Waals surface area contributed by atoms with Crippen molar-refractivity contribution in [3.8, 4) is 16.2 Å². The highest BCUT2D eigenvalue weighted by molar-refractivity contribution is 7.13. The van der Waals surface area contributed by atoms with E-state index >= 15 is 0 Å². The SMILES string of the molecule is CCOC(=O)C1=C(c2cc3c(cc2C(=O)OCC[Si](C)(C)C)-c2sccc2CCO3)CCCC1. The number of carbonyl (C=O) groups excluding carboxylic acids is 2. The van der Waals surface area contributed by atoms with Crippen LogP contribution in [-0.2, 0) is 20.7 Å². The number of carbonyl (C=O) groups is 2. The van der Waals surface area contributed by atoms with E-state index in [2.05, 4.69) is 31.1 Å². The summed E-state index contributed by atoms with van der Waals surface area (Å²) in [6.45, 7) is 9.94. The van der Waals surface area contributed by atoms with Crippen LogP contribution in [0.25, 0.3) is 16.0 Å². The molecule has 0 N–H and O–H groups in total. The smallest absolute Gasteiger partial charge is 0.338 e. The Hall–Kier alpha value is -2.38. The van der Waals surface area contributed by atoms with Gasteiger partial charge in [-0.05, 0) is 78.9 Å². The van der Waals surface area contributed by atoms with E-state index in [4.69, 9.17) is 14.2 Å². The fraction of sp³-hybridized carbons (Fsp3) is 0.481. The molecule has 0 atom stereocenters. The van der Waals surface area contributed by atoms with Gasteiger partial charge in [0.1, 0.15) is 5.75 Å². The van der Waals surface area contributed by atoms with Gasteiger partial charge in [0.15, 0.2) is 0 Å². The van der Waals surface area contributed by atoms with Gasteiger partial charge in [-0.3, -0.25) is 0 Å². The summed E-state index contributed by atoms with van der Waals surface area (Å²) in [7, 11) is -1.34. The van der Waals surface area contributed by atoms with Gasteiger partial charge in [0.05, 0.1) is 25.4 Å². The zero-order chi connectivity index (χ0) is 24.3. The first-order valence-corrected chi connectivity index (χ1v) is 16.8. The zero-order valence-electron chi connectivity index (χ0n) is 20.6. The lowest BCUT2D eigenvalue weighted by Crippen LogP contribution is -2.23. The lowest BCUT2D eigenvalue weighted by atomic mass is 9.84. The van der Waals surface area contributed by atoms with Crippen LogP contribution in [-0.4, -0.2) is 39.8 Å². The molecule has 0 saturated carbocycles. The molecule has 5 nitrogen and oxygen atoms in total. The number of rotatable bonds is 7. The molecule has 0 saturated heterocycles. The summed E-state index contributed by atoms with van der Waals surface area (Å²) in [6.07, 6.45) is 4.12. The van der Waals surface area contributed by atoms with Crippen molar-refractivity contribution < 1.29 is 23.8 Å². The normalized spacial score (nSPS) is 15.6. The van der Waals surface area contributed by atoms with E-state index in [9.17, 15) is 9.59 Å². The zero-order valence-corrected chi connectivity index (χ0v) is 22.4. The van der Waals surface area contributed by atoms with Gasteiger partial charge >= 0.3 is 11.9 Å². The van der Waals surface area contributed by atoms with Crippen LogP contribution in [0.3, 0.4) is 0 Å². The molecule has 1 aliphatic carbocycles. The number of fused-ring (bicyclic) bond motifs is 3. The van der Waals surface area contributed by atoms with Crippen LogP contribution in [0.4, 0.5) is 0 Å². The number of ether oxygens (including phenoxy) is 3. The van der Waals surface area contributed by atoms with Crippen molar-refractivity contribution in [2.24, 2.45) is 0 Å². The Labute approximate surface area is 207 Å². The van der Waals surface area contributed by atoms with E-state index < -0.39 is 8.07 Å². The third kappa shape index (κ3) is 5.47. The highest BCUT2D eigenvalue weighted by Gasteiger charge is 2.29. The molecule has 0 unspecified atom stereocenters. The summed E-state index contributed by atoms with van der Waals surface area (Å²) in [6, 6.07) is 6.92. The van der Waals surface area contributed by atoms with Crippen molar-refractivity contribution in [2.75, 3.05) is 19.8 Å². The van der Waals surface area contributed by atoms with Crippen molar-refractivity contribution in [3.63, 3.8) is 0 Å². The topological polar surface area (TPSA) is 61.8 Å². The van der Waals surface area contributed by atoms with Crippen molar-refractivity contribution in [1.29, 1.82) is 0 Å². The highest BCUT2D eigenvalue weighted by atomic mass is 32.1. The number of hydrogen-bond acceptors (Lipinski definition) is 6. The first kappa shape index (κ1) is 24.7. The van der Waals surface area contributed by atoms with Crippen LogP contribution in [0.1, 0.15) is 54.1 Å². The van der Waals surface area contributed by atoms with E-state index in [0.717, 1.165) is 59.1 Å². The van der Waals surface area contributed by atoms with E-state index in [1.54, 1.807) is 11.3 Å². The van der Waals surface area contributed by atoms with E-state index in [1.165, 1.54) is 5.56 Å². The van der Waals surface area contributed by atoms with Gasteiger partial charge in [0, 0.05) is 30.5 Å². The molecule has 4 rings (SSSR count). The molecule has 0 bridgehead atoms. The summed E-state index contributed by atoms with van der Waals surface area (Å²) < 4.78 is 17.3. The number of benzene rings is 1. The van der Waals surface area contributed by atoms with E-state index in [-0.39, 0.29) is 11.9 Å². The minimum atomic E-state index is -1.34. The molecule has 0 amide bonds. The average Bonchev–Trinajstić information content (AvgIpc) is 3.19. The lowest BCUT2D eigenvalue weighted by Gasteiger charge is -2.23. The molecule has 1 aliphatic heterocycles. The van der Waals surface area contributed by atoms with Crippen LogP contribution < -0.4 is 4.74 Å². The molecular formula is C27H34O5SSi. The van der Waals surface area contributed by atoms with Gasteiger partial charge in [0.2, 0.25) is 0 Å². The minimum Gasteiger partial charge on any atom is -0.493 e. The van der Waals surface area contributed by atoms with Crippen molar-refractivity contribution in [2.45, 2.75) is 64.7 Å². The Bertz CT molecular complexity index is 1110. The molecule has 2 aromatic rings. The minimum absolute atomic E-state index is 0.286. The van der Waals surface area contributed by atoms with Crippen molar-refractivity contribution in [3.05, 3.63) is 45.8 Å². The maximum absolute atomic E-state index is 13.4. The fourth-order valence-corrected chi connectivity index (χ4v) is 6.20. The van der Waals surface area contributed by atoms with Crippen LogP contribution >= 0.6 is 11.3 Å². The van der Waals surface area contributed by atoms with Crippen LogP contribution in [0.5, 0.6) is 5.75 Å². The van der Waals surface area contributed by atoms with Gasteiger partial charge in [-0.15, -0.1) is 11.3 Å². The second kappa shape index (κ2) is 10.5. The van der Waals surface area contributed by atoms with Gasteiger partial charge in [-0.25, -0.2) is 9.59 Å². The predicted octanol–water partition coefficient (Wildman–Crippen LogP) is 6.74. The maximum Gasteiger partial charge on any atom is 0.338 e. The summed E-state index contributed by atoms with van der Waals surface area (Å²) in [4.78, 5) is 27.4. The number of esters is 2. The van der Waals surface area contributed by atoms with Gasteiger partial charge in [-0.1, -0.05) is 19.6 Å². The monoisotopic (exact) mass is 498 g/mol. The third-order valence-corrected chi connectivity index (χ3v) is 9.05. The number of allylic oxidation sites excluding steroid dienone is 1. The second-order valence-electron chi connectivity index (χ2n) is 10.1. The standard InChI is InChI=1S/C27H34O5SSi/c1-5-30-26(28)20-9-7-6-8-19(20)21-17-24-23(25-18(10-12-31-24)11-14-33-25)16-22(21)27(29)32-13-15-34(2,3)4/h11,14,16-17H,5-10,12-13,15H2,1-4H3. The summed E-state index contributed by atoms with van der Waals surface area (Å²) in [5.74, 6) is 0.141. The van der Waals surface area contributed by atoms with Crippen LogP contribution in [0, 0.1) is 0 Å². The number of thiophene rings is 1. The first-order valence-electron chi connectivity index (χ1n) is 12.2. The Morgan fingerprint density at radius 3 is 2.59 bits per heavy atom. The Balaban J connectivity index is 1.83. The molecule has 1 aromatic carbocycles. The van der Waals surface area contributed by atoms with Crippen LogP contribution in [0.2, 0.25) is 25.7 Å². The largest absolute Gasteiger partial charge is 0.493 e. The molecule has 0 spiro atoms. The molecule has 2 aliphatic rings. The first-order chi connectivity index (χ1) is 16.3. The lowest BCUT2D eigenvalue weighted by molar-refractivity contribution is -0.138. The maximum atomic E-state index is 13.4. The molecule has 7 heteroatoms. The second-order valence-corrected chi connectivity index (χ2v) is 16.6. The molecule has 182 valence electrons. The fourth-order valence-electron chi connectivity index (χ4n) is 4.51. The van der Waals surface area contributed by atoms with Gasteiger partial charge < -0.3 is 14.2 Å². The van der Waals surface area contributed by atoms with E-state index in [1.807, 2.05) is 19.1 Å². The van der Waals surface area contributed by atoms with E-state index in [0.29, 0.717) is 37.4 Å². The van der Waals surface area contributed by atoms with Crippen molar-refractivity contribution >= 4 is 36.9 Å². The molecule has 0 fully saturated rings. The molecule has 34 heavy (non-hydrogen) atoms. The molecular weight excluding hydrogens is 464 g/mol.